The molecule has 7 heteroatoms. The van der Waals surface area contributed by atoms with Gasteiger partial charge in [0.15, 0.2) is 0 Å². The van der Waals surface area contributed by atoms with Crippen LogP contribution in [0.5, 0.6) is 0 Å². The first-order chi connectivity index (χ1) is 12.7. The smallest absolute Gasteiger partial charge is 0.339 e. The number of carbonyl (C=O) groups excluding carboxylic acids is 3. The highest BCUT2D eigenvalue weighted by molar-refractivity contribution is 6.02. The van der Waals surface area contributed by atoms with Gasteiger partial charge in [0, 0.05) is 18.4 Å². The van der Waals surface area contributed by atoms with Gasteiger partial charge in [-0.3, -0.25) is 9.59 Å². The number of esters is 1. The van der Waals surface area contributed by atoms with Crippen LogP contribution in [-0.2, 0) is 9.53 Å². The number of aromatic amines is 1. The van der Waals surface area contributed by atoms with Crippen molar-refractivity contribution in [2.75, 3.05) is 26.0 Å². The minimum atomic E-state index is -0.504. The summed E-state index contributed by atoms with van der Waals surface area (Å²) in [5.74, 6) is -1.17. The molecule has 144 valence electrons. The molecule has 0 aliphatic heterocycles. The van der Waals surface area contributed by atoms with Crippen molar-refractivity contribution in [3.63, 3.8) is 0 Å². The molecule has 0 saturated heterocycles. The van der Waals surface area contributed by atoms with Crippen molar-refractivity contribution >= 4 is 23.5 Å². The summed E-state index contributed by atoms with van der Waals surface area (Å²) in [6, 6.07) is 5.66. The number of aromatic nitrogens is 1. The zero-order valence-corrected chi connectivity index (χ0v) is 16.5. The molecule has 2 aromatic rings. The second kappa shape index (κ2) is 8.07. The highest BCUT2D eigenvalue weighted by atomic mass is 16.5. The fourth-order valence-corrected chi connectivity index (χ4v) is 2.93. The Labute approximate surface area is 158 Å². The molecule has 0 radical (unpaired) electrons. The van der Waals surface area contributed by atoms with Crippen molar-refractivity contribution in [3.8, 4) is 0 Å². The Hall–Kier alpha value is -3.09. The summed E-state index contributed by atoms with van der Waals surface area (Å²) in [6.07, 6.45) is 0. The van der Waals surface area contributed by atoms with Crippen LogP contribution in [0, 0.1) is 27.7 Å². The number of aryl methyl sites for hydroxylation is 2. The average molecular weight is 371 g/mol. The normalized spacial score (nSPS) is 10.4. The van der Waals surface area contributed by atoms with Crippen LogP contribution in [0.1, 0.15) is 43.2 Å². The van der Waals surface area contributed by atoms with E-state index >= 15 is 0 Å². The first-order valence-electron chi connectivity index (χ1n) is 8.56. The van der Waals surface area contributed by atoms with E-state index in [0.29, 0.717) is 16.8 Å². The van der Waals surface area contributed by atoms with Gasteiger partial charge < -0.3 is 19.9 Å². The number of hydrogen-bond donors (Lipinski definition) is 2. The molecule has 0 fully saturated rings. The second-order valence-corrected chi connectivity index (χ2v) is 6.57. The summed E-state index contributed by atoms with van der Waals surface area (Å²) < 4.78 is 4.76. The molecule has 2 N–H and O–H groups in total. The van der Waals surface area contributed by atoms with Crippen molar-refractivity contribution in [1.29, 1.82) is 0 Å². The molecule has 1 aromatic heterocycles. The maximum atomic E-state index is 12.7. The van der Waals surface area contributed by atoms with Crippen LogP contribution in [0.25, 0.3) is 0 Å². The molecule has 2 amide bonds. The lowest BCUT2D eigenvalue weighted by Crippen LogP contribution is -2.35. The maximum Gasteiger partial charge on any atom is 0.339 e. The van der Waals surface area contributed by atoms with E-state index in [2.05, 4.69) is 10.3 Å². The van der Waals surface area contributed by atoms with E-state index in [1.807, 2.05) is 32.0 Å². The molecule has 7 nitrogen and oxygen atoms in total. The molecule has 27 heavy (non-hydrogen) atoms. The molecule has 0 aliphatic rings. The summed E-state index contributed by atoms with van der Waals surface area (Å²) >= 11 is 0. The van der Waals surface area contributed by atoms with Crippen LogP contribution >= 0.6 is 0 Å². The van der Waals surface area contributed by atoms with Crippen LogP contribution in [0.2, 0.25) is 0 Å². The molecule has 0 saturated carbocycles. The Bertz CT molecular complexity index is 899. The number of amides is 2. The van der Waals surface area contributed by atoms with Crippen LogP contribution in [0.4, 0.5) is 5.69 Å². The Morgan fingerprint density at radius 2 is 1.78 bits per heavy atom. The number of anilines is 1. The monoisotopic (exact) mass is 371 g/mol. The number of H-pyrrole nitrogens is 1. The third-order valence-corrected chi connectivity index (χ3v) is 4.65. The second-order valence-electron chi connectivity index (χ2n) is 6.57. The predicted octanol–water partition coefficient (Wildman–Crippen LogP) is 2.75. The number of rotatable bonds is 5. The number of benzene rings is 1. The van der Waals surface area contributed by atoms with Gasteiger partial charge >= 0.3 is 5.97 Å². The minimum absolute atomic E-state index is 0.114. The molecule has 2 rings (SSSR count). The van der Waals surface area contributed by atoms with Gasteiger partial charge in [-0.2, -0.15) is 0 Å². The lowest BCUT2D eigenvalue weighted by atomic mass is 10.1. The maximum absolute atomic E-state index is 12.7. The van der Waals surface area contributed by atoms with Gasteiger partial charge in [-0.1, -0.05) is 12.1 Å². The Morgan fingerprint density at radius 1 is 1.11 bits per heavy atom. The largest absolute Gasteiger partial charge is 0.465 e. The number of hydrogen-bond acceptors (Lipinski definition) is 4. The number of nitrogens with one attached hydrogen (secondary N) is 2. The standard InChI is InChI=1S/C20H25N3O4/c1-11-8-7-9-15(12(11)2)22-16(24)10-23(5)19(25)18-13(3)17(14(4)21-18)20(26)27-6/h7-9,21H,10H2,1-6H3,(H,22,24). The van der Waals surface area contributed by atoms with Crippen molar-refractivity contribution in [2.45, 2.75) is 27.7 Å². The van der Waals surface area contributed by atoms with E-state index in [0.717, 1.165) is 16.8 Å². The number of methoxy groups -OCH3 is 1. The highest BCUT2D eigenvalue weighted by Crippen LogP contribution is 2.20. The molecule has 0 aliphatic carbocycles. The molecule has 0 spiro atoms. The molecule has 0 unspecified atom stereocenters. The Kier molecular flexibility index (Phi) is 6.05. The summed E-state index contributed by atoms with van der Waals surface area (Å²) in [6.45, 7) is 7.16. The van der Waals surface area contributed by atoms with Gasteiger partial charge in [-0.25, -0.2) is 4.79 Å². The molecular formula is C20H25N3O4. The number of ether oxygens (including phenoxy) is 1. The topological polar surface area (TPSA) is 91.5 Å². The van der Waals surface area contributed by atoms with Gasteiger partial charge in [0.05, 0.1) is 19.2 Å². The van der Waals surface area contributed by atoms with E-state index in [-0.39, 0.29) is 24.1 Å². The van der Waals surface area contributed by atoms with E-state index in [9.17, 15) is 14.4 Å². The van der Waals surface area contributed by atoms with Gasteiger partial charge in [0.25, 0.3) is 5.91 Å². The van der Waals surface area contributed by atoms with Gasteiger partial charge in [0.1, 0.15) is 5.69 Å². The third kappa shape index (κ3) is 4.19. The zero-order chi connectivity index (χ0) is 20.3. The van der Waals surface area contributed by atoms with Crippen molar-refractivity contribution in [1.82, 2.24) is 9.88 Å². The molecule has 0 bridgehead atoms. The average Bonchev–Trinajstić information content (AvgIpc) is 2.91. The lowest BCUT2D eigenvalue weighted by Gasteiger charge is -2.17. The molecule has 1 aromatic carbocycles. The van der Waals surface area contributed by atoms with Crippen LogP contribution < -0.4 is 5.32 Å². The minimum Gasteiger partial charge on any atom is -0.465 e. The van der Waals surface area contributed by atoms with Crippen LogP contribution in [0.15, 0.2) is 18.2 Å². The van der Waals surface area contributed by atoms with Crippen molar-refractivity contribution in [3.05, 3.63) is 51.8 Å². The first kappa shape index (κ1) is 20.2. The number of carbonyl (C=O) groups is 3. The predicted molar refractivity (Wildman–Crippen MR) is 103 cm³/mol. The SMILES string of the molecule is COC(=O)c1c(C)[nH]c(C(=O)N(C)CC(=O)Nc2cccc(C)c2C)c1C. The highest BCUT2D eigenvalue weighted by Gasteiger charge is 2.25. The van der Waals surface area contributed by atoms with Crippen molar-refractivity contribution in [2.24, 2.45) is 0 Å². The van der Waals surface area contributed by atoms with Gasteiger partial charge in [0.2, 0.25) is 5.91 Å². The number of likely N-dealkylation sites (N-methyl/N-ethyl adjacent to an activating group) is 1. The third-order valence-electron chi connectivity index (χ3n) is 4.65. The van der Waals surface area contributed by atoms with Crippen LogP contribution in [0.3, 0.4) is 0 Å². The molecule has 1 heterocycles. The lowest BCUT2D eigenvalue weighted by molar-refractivity contribution is -0.116. The van der Waals surface area contributed by atoms with E-state index in [1.54, 1.807) is 20.9 Å². The first-order valence-corrected chi connectivity index (χ1v) is 8.56. The van der Waals surface area contributed by atoms with Gasteiger partial charge in [-0.15, -0.1) is 0 Å². The summed E-state index contributed by atoms with van der Waals surface area (Å²) in [4.78, 5) is 41.2. The number of nitrogens with zero attached hydrogens (tertiary/aromatic N) is 1. The molecular weight excluding hydrogens is 346 g/mol. The summed E-state index contributed by atoms with van der Waals surface area (Å²) in [5, 5.41) is 2.83. The zero-order valence-electron chi connectivity index (χ0n) is 16.5. The Balaban J connectivity index is 2.13. The summed E-state index contributed by atoms with van der Waals surface area (Å²) in [5.41, 5.74) is 4.45. The van der Waals surface area contributed by atoms with Gasteiger partial charge in [-0.05, 0) is 50.5 Å². The van der Waals surface area contributed by atoms with E-state index < -0.39 is 5.97 Å². The fraction of sp³-hybridized carbons (Fsp3) is 0.350. The summed E-state index contributed by atoms with van der Waals surface area (Å²) in [7, 11) is 2.83. The van der Waals surface area contributed by atoms with E-state index in [1.165, 1.54) is 12.0 Å². The van der Waals surface area contributed by atoms with Crippen molar-refractivity contribution < 1.29 is 19.1 Å². The fourth-order valence-electron chi connectivity index (χ4n) is 2.93. The quantitative estimate of drug-likeness (QED) is 0.791. The van der Waals surface area contributed by atoms with E-state index in [4.69, 9.17) is 4.74 Å². The molecule has 0 atom stereocenters. The Morgan fingerprint density at radius 3 is 2.41 bits per heavy atom. The van der Waals surface area contributed by atoms with Crippen LogP contribution in [-0.4, -0.2) is 48.4 Å².